The summed E-state index contributed by atoms with van der Waals surface area (Å²) in [5.74, 6) is 0. The minimum atomic E-state index is -4.57. The van der Waals surface area contributed by atoms with E-state index in [0.29, 0.717) is 0 Å². The van der Waals surface area contributed by atoms with Crippen LogP contribution in [0.4, 0.5) is 4.39 Å². The van der Waals surface area contributed by atoms with Gasteiger partial charge in [-0.25, -0.2) is 4.39 Å². The molecule has 0 amide bonds. The van der Waals surface area contributed by atoms with Gasteiger partial charge >= 0.3 is 7.60 Å². The van der Waals surface area contributed by atoms with E-state index in [1.54, 1.807) is 0 Å². The lowest BCUT2D eigenvalue weighted by atomic mass is 9.89. The maximum atomic E-state index is 13.6. The van der Waals surface area contributed by atoms with Crippen LogP contribution in [0.1, 0.15) is 40.0 Å². The molecule has 1 saturated heterocycles. The Hall–Kier alpha value is -0.0151. The molecule has 134 valence electrons. The van der Waals surface area contributed by atoms with E-state index in [1.807, 2.05) is 0 Å². The van der Waals surface area contributed by atoms with Crippen molar-refractivity contribution in [2.45, 2.75) is 75.3 Å². The van der Waals surface area contributed by atoms with E-state index in [1.165, 1.54) is 13.8 Å². The second kappa shape index (κ2) is 7.48. The van der Waals surface area contributed by atoms with Crippen LogP contribution in [-0.2, 0) is 13.8 Å². The zero-order valence-electron chi connectivity index (χ0n) is 13.6. The molecular weight excluding hydrogens is 329 g/mol. The molecule has 1 aliphatic rings. The second-order valence-electron chi connectivity index (χ2n) is 6.18. The molecule has 4 N–H and O–H groups in total. The van der Waals surface area contributed by atoms with Gasteiger partial charge in [0.15, 0.2) is 5.34 Å². The molecule has 0 aliphatic carbocycles. The van der Waals surface area contributed by atoms with Gasteiger partial charge in [0, 0.05) is 12.4 Å². The van der Waals surface area contributed by atoms with Gasteiger partial charge < -0.3 is 24.9 Å². The molecule has 23 heavy (non-hydrogen) atoms. The molecule has 1 aliphatic heterocycles. The van der Waals surface area contributed by atoms with Crippen molar-refractivity contribution in [2.24, 2.45) is 0 Å². The summed E-state index contributed by atoms with van der Waals surface area (Å²) in [4.78, 5) is 10.0. The van der Waals surface area contributed by atoms with Crippen molar-refractivity contribution in [1.29, 1.82) is 0 Å². The van der Waals surface area contributed by atoms with Crippen LogP contribution in [0.15, 0.2) is 0 Å². The minimum Gasteiger partial charge on any atom is -0.388 e. The summed E-state index contributed by atoms with van der Waals surface area (Å²) < 4.78 is 36.3. The highest BCUT2D eigenvalue weighted by atomic mass is 31.2. The maximum absolute atomic E-state index is 13.6. The van der Waals surface area contributed by atoms with Gasteiger partial charge in [-0.1, -0.05) is 13.8 Å². The van der Waals surface area contributed by atoms with Gasteiger partial charge in [0.1, 0.15) is 26.2 Å². The van der Waals surface area contributed by atoms with Gasteiger partial charge in [-0.3, -0.25) is 9.09 Å². The predicted octanol–water partition coefficient (Wildman–Crippen LogP) is 0.430. The lowest BCUT2D eigenvalue weighted by Gasteiger charge is -2.38. The molecule has 0 bridgehead atoms. The molecule has 2 radical (unpaired) electrons. The summed E-state index contributed by atoms with van der Waals surface area (Å²) in [7, 11) is 0.895. The molecule has 0 aromatic rings. The molecule has 1 heterocycles. The Morgan fingerprint density at radius 1 is 1.30 bits per heavy atom. The molecule has 1 rings (SSSR count). The normalized spacial score (nSPS) is 36.2. The third-order valence-electron chi connectivity index (χ3n) is 4.46. The summed E-state index contributed by atoms with van der Waals surface area (Å²) in [6, 6.07) is -1.14. The Labute approximate surface area is 136 Å². The molecule has 0 aromatic heterocycles. The number of alkyl halides is 1. The zero-order chi connectivity index (χ0) is 18.1. The molecule has 4 unspecified atom stereocenters. The van der Waals surface area contributed by atoms with E-state index in [0.717, 1.165) is 6.92 Å². The molecule has 0 spiro atoms. The highest BCUT2D eigenvalue weighted by Gasteiger charge is 2.51. The third-order valence-corrected chi connectivity index (χ3v) is 6.62. The van der Waals surface area contributed by atoms with E-state index in [4.69, 9.17) is 17.1 Å². The fourth-order valence-corrected chi connectivity index (χ4v) is 3.67. The highest BCUT2D eigenvalue weighted by Crippen LogP contribution is 2.59. The van der Waals surface area contributed by atoms with E-state index in [-0.39, 0.29) is 19.3 Å². The first-order chi connectivity index (χ1) is 10.4. The van der Waals surface area contributed by atoms with Crippen LogP contribution in [0.25, 0.3) is 0 Å². The molecule has 10 heteroatoms. The summed E-state index contributed by atoms with van der Waals surface area (Å²) in [5, 5.41) is 27.4. The van der Waals surface area contributed by atoms with Gasteiger partial charge in [0.25, 0.3) is 0 Å². The summed E-state index contributed by atoms with van der Waals surface area (Å²) in [5.41, 5.74) is -1.75. The average molecular weight is 354 g/mol. The average Bonchev–Trinajstić information content (AvgIpc) is 2.73. The van der Waals surface area contributed by atoms with Crippen molar-refractivity contribution in [1.82, 2.24) is 0 Å². The predicted molar refractivity (Wildman–Crippen MR) is 81.9 cm³/mol. The number of hydrogen-bond donors (Lipinski definition) is 4. The monoisotopic (exact) mass is 354 g/mol. The van der Waals surface area contributed by atoms with Crippen molar-refractivity contribution in [3.05, 3.63) is 0 Å². The molecule has 7 nitrogen and oxygen atoms in total. The van der Waals surface area contributed by atoms with Gasteiger partial charge in [-0.2, -0.15) is 0 Å². The van der Waals surface area contributed by atoms with Crippen LogP contribution in [0.5, 0.6) is 0 Å². The van der Waals surface area contributed by atoms with Crippen molar-refractivity contribution in [2.75, 3.05) is 6.67 Å². The van der Waals surface area contributed by atoms with Crippen LogP contribution in [0.3, 0.4) is 0 Å². The summed E-state index contributed by atoms with van der Waals surface area (Å²) in [6.45, 7) is 3.03. The third kappa shape index (κ3) is 4.34. The molecule has 7 atom stereocenters. The number of hydrogen-bond acceptors (Lipinski definition) is 6. The first-order valence-corrected chi connectivity index (χ1v) is 9.12. The van der Waals surface area contributed by atoms with Gasteiger partial charge in [0.2, 0.25) is 0 Å². The van der Waals surface area contributed by atoms with E-state index >= 15 is 0 Å². The van der Waals surface area contributed by atoms with Gasteiger partial charge in [0.05, 0.1) is 12.2 Å². The number of rotatable bonds is 8. The largest absolute Gasteiger partial charge is 0.388 e. The number of aliphatic hydroxyl groups excluding tert-OH is 2. The first-order valence-electron chi connectivity index (χ1n) is 7.54. The molecule has 1 fully saturated rings. The van der Waals surface area contributed by atoms with Crippen LogP contribution >= 0.6 is 7.60 Å². The maximum Gasteiger partial charge on any atom is 0.359 e. The number of ether oxygens (including phenoxy) is 1. The molecule has 0 aromatic carbocycles. The first kappa shape index (κ1) is 21.0. The Kier molecular flexibility index (Phi) is 6.84. The Morgan fingerprint density at radius 3 is 2.22 bits per heavy atom. The highest BCUT2D eigenvalue weighted by molar-refractivity contribution is 7.54. The number of aliphatic hydroxyl groups is 3. The van der Waals surface area contributed by atoms with Gasteiger partial charge in [-0.15, -0.1) is 0 Å². The van der Waals surface area contributed by atoms with E-state index in [9.17, 15) is 29.2 Å². The minimum absolute atomic E-state index is 0.00818. The van der Waals surface area contributed by atoms with Crippen molar-refractivity contribution in [3.63, 3.8) is 0 Å². The van der Waals surface area contributed by atoms with Crippen LogP contribution in [0, 0.1) is 0 Å². The van der Waals surface area contributed by atoms with E-state index < -0.39 is 49.5 Å². The van der Waals surface area contributed by atoms with Crippen LogP contribution in [0.2, 0.25) is 0 Å². The quantitative estimate of drug-likeness (QED) is 0.369. The standard InChI is InChI=1S/C13H25BFO7P/c1-4-12(3,18)23(19,20)22-13(5-2,7-15)6-8-9(16)10(17)11(14)21-8/h8-11,16-18H,4-7H2,1-3H3,(H,19,20)/t8-,9?,10+,11-,12?,13?/m1/s1. The Morgan fingerprint density at radius 2 is 1.87 bits per heavy atom. The van der Waals surface area contributed by atoms with Crippen molar-refractivity contribution < 1.29 is 38.4 Å². The second-order valence-corrected chi connectivity index (χ2v) is 8.36. The Balaban J connectivity index is 2.98. The topological polar surface area (TPSA) is 116 Å². The fourth-order valence-electron chi connectivity index (χ4n) is 2.29. The lowest BCUT2D eigenvalue weighted by Crippen LogP contribution is -2.43. The summed E-state index contributed by atoms with van der Waals surface area (Å²) in [6.07, 6.45) is -4.13. The van der Waals surface area contributed by atoms with E-state index in [2.05, 4.69) is 0 Å². The van der Waals surface area contributed by atoms with Crippen molar-refractivity contribution >= 4 is 15.4 Å². The SMILES string of the molecule is [B][C@@H]1O[C@H](CC(CC)(CF)OP(=O)(O)C(C)(O)CC)C(O)[C@@H]1O. The lowest BCUT2D eigenvalue weighted by molar-refractivity contribution is -0.0616. The van der Waals surface area contributed by atoms with Crippen LogP contribution < -0.4 is 0 Å². The zero-order valence-corrected chi connectivity index (χ0v) is 14.4. The number of halogens is 1. The fraction of sp³-hybridized carbons (Fsp3) is 1.00. The van der Waals surface area contributed by atoms with Crippen LogP contribution in [-0.4, -0.2) is 70.0 Å². The molecule has 0 saturated carbocycles. The van der Waals surface area contributed by atoms with Crippen molar-refractivity contribution in [3.8, 4) is 0 Å². The molecular formula is C13H25BFO7P. The Bertz CT molecular complexity index is 446. The van der Waals surface area contributed by atoms with Gasteiger partial charge in [-0.05, 0) is 19.8 Å². The smallest absolute Gasteiger partial charge is 0.359 e. The summed E-state index contributed by atoms with van der Waals surface area (Å²) >= 11 is 0.